The molecule has 0 saturated heterocycles. The monoisotopic (exact) mass is 347 g/mol. The van der Waals surface area contributed by atoms with E-state index in [0.29, 0.717) is 6.61 Å². The van der Waals surface area contributed by atoms with E-state index in [2.05, 4.69) is 52.4 Å². The number of halogens is 1. The van der Waals surface area contributed by atoms with Crippen LogP contribution in [0.2, 0.25) is 0 Å². The Bertz CT molecular complexity index is 556. The van der Waals surface area contributed by atoms with Gasteiger partial charge in [0.15, 0.2) is 0 Å². The zero-order valence-corrected chi connectivity index (χ0v) is 14.0. The predicted molar refractivity (Wildman–Crippen MR) is 91.8 cm³/mol. The lowest BCUT2D eigenvalue weighted by Crippen LogP contribution is -2.18. The highest BCUT2D eigenvalue weighted by atomic mass is 79.9. The van der Waals surface area contributed by atoms with Crippen molar-refractivity contribution in [3.05, 3.63) is 64.1 Å². The summed E-state index contributed by atoms with van der Waals surface area (Å²) in [6, 6.07) is 16.5. The minimum Gasteiger partial charge on any atom is -0.489 e. The Morgan fingerprint density at radius 2 is 1.81 bits per heavy atom. The van der Waals surface area contributed by atoms with Crippen LogP contribution in [0.25, 0.3) is 0 Å². The summed E-state index contributed by atoms with van der Waals surface area (Å²) in [5.74, 6) is 0.892. The Morgan fingerprint density at radius 1 is 1.00 bits per heavy atom. The minimum atomic E-state index is 0.612. The third-order valence-electron chi connectivity index (χ3n) is 3.31. The van der Waals surface area contributed by atoms with Gasteiger partial charge in [0.1, 0.15) is 12.4 Å². The molecular formula is C18H22BrNO. The fourth-order valence-corrected chi connectivity index (χ4v) is 2.56. The quantitative estimate of drug-likeness (QED) is 0.706. The highest BCUT2D eigenvalue weighted by Gasteiger charge is 2.03. The Morgan fingerprint density at radius 3 is 2.57 bits per heavy atom. The van der Waals surface area contributed by atoms with Crippen molar-refractivity contribution in [1.82, 2.24) is 5.32 Å². The van der Waals surface area contributed by atoms with E-state index >= 15 is 0 Å². The summed E-state index contributed by atoms with van der Waals surface area (Å²) in [5.41, 5.74) is 2.62. The minimum absolute atomic E-state index is 0.612. The topological polar surface area (TPSA) is 21.3 Å². The Balaban J connectivity index is 1.93. The van der Waals surface area contributed by atoms with E-state index in [1.807, 2.05) is 24.3 Å². The molecule has 0 aliphatic heterocycles. The van der Waals surface area contributed by atoms with Gasteiger partial charge in [0.25, 0.3) is 0 Å². The average molecular weight is 348 g/mol. The van der Waals surface area contributed by atoms with E-state index in [9.17, 15) is 0 Å². The molecule has 0 heterocycles. The van der Waals surface area contributed by atoms with E-state index in [0.717, 1.165) is 29.7 Å². The highest BCUT2D eigenvalue weighted by Crippen LogP contribution is 2.20. The van der Waals surface area contributed by atoms with Gasteiger partial charge in [-0.2, -0.15) is 0 Å². The van der Waals surface area contributed by atoms with Gasteiger partial charge in [-0.05, 0) is 55.3 Å². The highest BCUT2D eigenvalue weighted by molar-refractivity contribution is 9.10. The fourth-order valence-electron chi connectivity index (χ4n) is 2.18. The van der Waals surface area contributed by atoms with Crippen LogP contribution in [-0.4, -0.2) is 13.1 Å². The van der Waals surface area contributed by atoms with Crippen LogP contribution in [0.4, 0.5) is 0 Å². The lowest BCUT2D eigenvalue weighted by Gasteiger charge is -2.12. The maximum Gasteiger partial charge on any atom is 0.120 e. The second-order valence-corrected chi connectivity index (χ2v) is 5.93. The standard InChI is InChI=1S/C18H22BrNO/c1-2-11-20-12-10-15-6-3-4-7-16(15)14-21-18-9-5-8-17(19)13-18/h3-9,13,20H,2,10-12,14H2,1H3. The van der Waals surface area contributed by atoms with Crippen LogP contribution in [0.3, 0.4) is 0 Å². The first-order chi connectivity index (χ1) is 10.3. The fraction of sp³-hybridized carbons (Fsp3) is 0.333. The number of hydrogen-bond acceptors (Lipinski definition) is 2. The van der Waals surface area contributed by atoms with Gasteiger partial charge in [0.05, 0.1) is 0 Å². The molecular weight excluding hydrogens is 326 g/mol. The van der Waals surface area contributed by atoms with Crippen LogP contribution in [-0.2, 0) is 13.0 Å². The van der Waals surface area contributed by atoms with E-state index in [-0.39, 0.29) is 0 Å². The number of rotatable bonds is 8. The summed E-state index contributed by atoms with van der Waals surface area (Å²) in [4.78, 5) is 0. The van der Waals surface area contributed by atoms with Gasteiger partial charge in [-0.15, -0.1) is 0 Å². The normalized spacial score (nSPS) is 10.6. The smallest absolute Gasteiger partial charge is 0.120 e. The van der Waals surface area contributed by atoms with Crippen molar-refractivity contribution >= 4 is 15.9 Å². The van der Waals surface area contributed by atoms with Crippen molar-refractivity contribution in [2.75, 3.05) is 13.1 Å². The molecule has 0 aliphatic rings. The summed E-state index contributed by atoms with van der Waals surface area (Å²) in [6.45, 7) is 4.89. The molecule has 112 valence electrons. The second kappa shape index (κ2) is 8.85. The van der Waals surface area contributed by atoms with Crippen molar-refractivity contribution in [3.8, 4) is 5.75 Å². The van der Waals surface area contributed by atoms with Crippen molar-refractivity contribution in [2.24, 2.45) is 0 Å². The third kappa shape index (κ3) is 5.52. The molecule has 0 fully saturated rings. The molecule has 0 atom stereocenters. The molecule has 0 aliphatic carbocycles. The van der Waals surface area contributed by atoms with Crippen LogP contribution in [0.15, 0.2) is 53.0 Å². The SMILES string of the molecule is CCCNCCc1ccccc1COc1cccc(Br)c1. The molecule has 21 heavy (non-hydrogen) atoms. The molecule has 1 N–H and O–H groups in total. The third-order valence-corrected chi connectivity index (χ3v) is 3.80. The molecule has 0 saturated carbocycles. The van der Waals surface area contributed by atoms with Gasteiger partial charge in [0, 0.05) is 4.47 Å². The molecule has 0 amide bonds. The molecule has 2 aromatic rings. The van der Waals surface area contributed by atoms with Crippen LogP contribution < -0.4 is 10.1 Å². The number of benzene rings is 2. The van der Waals surface area contributed by atoms with Gasteiger partial charge in [-0.3, -0.25) is 0 Å². The van der Waals surface area contributed by atoms with Crippen molar-refractivity contribution in [2.45, 2.75) is 26.4 Å². The van der Waals surface area contributed by atoms with Crippen molar-refractivity contribution < 1.29 is 4.74 Å². The van der Waals surface area contributed by atoms with E-state index in [1.54, 1.807) is 0 Å². The Kier molecular flexibility index (Phi) is 6.77. The summed E-state index contributed by atoms with van der Waals surface area (Å²) in [7, 11) is 0. The first kappa shape index (κ1) is 16.1. The number of nitrogens with one attached hydrogen (secondary N) is 1. The zero-order chi connectivity index (χ0) is 14.9. The number of hydrogen-bond donors (Lipinski definition) is 1. The molecule has 2 nitrogen and oxygen atoms in total. The van der Waals surface area contributed by atoms with E-state index in [4.69, 9.17) is 4.74 Å². The van der Waals surface area contributed by atoms with Gasteiger partial charge in [-0.25, -0.2) is 0 Å². The van der Waals surface area contributed by atoms with Crippen molar-refractivity contribution in [3.63, 3.8) is 0 Å². The summed E-state index contributed by atoms with van der Waals surface area (Å²) < 4.78 is 6.93. The second-order valence-electron chi connectivity index (χ2n) is 5.01. The molecule has 0 bridgehead atoms. The maximum atomic E-state index is 5.89. The average Bonchev–Trinajstić information content (AvgIpc) is 2.50. The van der Waals surface area contributed by atoms with E-state index in [1.165, 1.54) is 17.5 Å². The van der Waals surface area contributed by atoms with Crippen LogP contribution in [0.1, 0.15) is 24.5 Å². The van der Waals surface area contributed by atoms with Gasteiger partial charge < -0.3 is 10.1 Å². The zero-order valence-electron chi connectivity index (χ0n) is 12.4. The van der Waals surface area contributed by atoms with Gasteiger partial charge >= 0.3 is 0 Å². The van der Waals surface area contributed by atoms with Gasteiger partial charge in [-0.1, -0.05) is 53.2 Å². The predicted octanol–water partition coefficient (Wildman–Crippen LogP) is 4.57. The van der Waals surface area contributed by atoms with Crippen LogP contribution in [0.5, 0.6) is 5.75 Å². The van der Waals surface area contributed by atoms with Crippen LogP contribution >= 0.6 is 15.9 Å². The van der Waals surface area contributed by atoms with Crippen molar-refractivity contribution in [1.29, 1.82) is 0 Å². The first-order valence-electron chi connectivity index (χ1n) is 7.45. The maximum absolute atomic E-state index is 5.89. The Hall–Kier alpha value is -1.32. The summed E-state index contributed by atoms with van der Waals surface area (Å²) >= 11 is 3.46. The molecule has 0 spiro atoms. The first-order valence-corrected chi connectivity index (χ1v) is 8.24. The summed E-state index contributed by atoms with van der Waals surface area (Å²) in [6.07, 6.45) is 2.21. The molecule has 0 unspecified atom stereocenters. The Labute approximate surface area is 135 Å². The van der Waals surface area contributed by atoms with E-state index < -0.39 is 0 Å². The molecule has 2 aromatic carbocycles. The molecule has 3 heteroatoms. The number of ether oxygens (including phenoxy) is 1. The summed E-state index contributed by atoms with van der Waals surface area (Å²) in [5, 5.41) is 3.45. The lowest BCUT2D eigenvalue weighted by atomic mass is 10.1. The molecule has 2 rings (SSSR count). The molecule has 0 aromatic heterocycles. The largest absolute Gasteiger partial charge is 0.489 e. The molecule has 0 radical (unpaired) electrons. The van der Waals surface area contributed by atoms with Crippen LogP contribution in [0, 0.1) is 0 Å². The lowest BCUT2D eigenvalue weighted by molar-refractivity contribution is 0.304. The van der Waals surface area contributed by atoms with Gasteiger partial charge in [0.2, 0.25) is 0 Å².